The number of carbonyl (C=O) groups excluding carboxylic acids is 1. The van der Waals surface area contributed by atoms with Crippen molar-refractivity contribution in [2.45, 2.75) is 58.0 Å². The molecule has 0 aromatic rings. The Balaban J connectivity index is 2.02. The topological polar surface area (TPSA) is 50.4 Å². The van der Waals surface area contributed by atoms with Crippen molar-refractivity contribution in [2.24, 2.45) is 0 Å². The standard InChI is InChI=1S/C13H26N2O2/c1-3-8-17-9-7-13(16)14-10-12-6-4-5-11(2)15-12/h11-12,15H,3-10H2,1-2H3,(H,14,16). The third kappa shape index (κ3) is 6.64. The SMILES string of the molecule is CCCOCCC(=O)NCC1CCCC(C)N1. The molecule has 2 unspecified atom stereocenters. The van der Waals surface area contributed by atoms with Crippen molar-refractivity contribution in [2.75, 3.05) is 19.8 Å². The summed E-state index contributed by atoms with van der Waals surface area (Å²) in [5.74, 6) is 0.0983. The minimum atomic E-state index is 0.0983. The minimum Gasteiger partial charge on any atom is -0.381 e. The fourth-order valence-electron chi connectivity index (χ4n) is 2.14. The summed E-state index contributed by atoms with van der Waals surface area (Å²) in [5, 5.41) is 6.47. The molecule has 17 heavy (non-hydrogen) atoms. The normalized spacial score (nSPS) is 24.6. The van der Waals surface area contributed by atoms with E-state index in [-0.39, 0.29) is 5.91 Å². The lowest BCUT2D eigenvalue weighted by Crippen LogP contribution is -2.47. The van der Waals surface area contributed by atoms with Crippen LogP contribution in [0.3, 0.4) is 0 Å². The largest absolute Gasteiger partial charge is 0.381 e. The van der Waals surface area contributed by atoms with Gasteiger partial charge in [0.05, 0.1) is 6.61 Å². The van der Waals surface area contributed by atoms with Gasteiger partial charge in [-0.2, -0.15) is 0 Å². The fourth-order valence-corrected chi connectivity index (χ4v) is 2.14. The molecule has 0 saturated carbocycles. The Morgan fingerprint density at radius 2 is 2.24 bits per heavy atom. The Morgan fingerprint density at radius 3 is 2.94 bits per heavy atom. The van der Waals surface area contributed by atoms with Crippen molar-refractivity contribution in [3.05, 3.63) is 0 Å². The molecule has 0 bridgehead atoms. The lowest BCUT2D eigenvalue weighted by molar-refractivity contribution is -0.122. The minimum absolute atomic E-state index is 0.0983. The van der Waals surface area contributed by atoms with Crippen LogP contribution in [-0.4, -0.2) is 37.7 Å². The van der Waals surface area contributed by atoms with Crippen molar-refractivity contribution in [1.29, 1.82) is 0 Å². The average molecular weight is 242 g/mol. The molecule has 1 rings (SSSR count). The van der Waals surface area contributed by atoms with Crippen LogP contribution < -0.4 is 10.6 Å². The molecule has 4 nitrogen and oxygen atoms in total. The first-order chi connectivity index (χ1) is 8.22. The molecular weight excluding hydrogens is 216 g/mol. The van der Waals surface area contributed by atoms with Crippen LogP contribution in [0, 0.1) is 0 Å². The molecule has 0 spiro atoms. The van der Waals surface area contributed by atoms with Crippen LogP contribution in [0.15, 0.2) is 0 Å². The van der Waals surface area contributed by atoms with E-state index in [0.29, 0.717) is 25.1 Å². The second-order valence-electron chi connectivity index (χ2n) is 4.86. The summed E-state index contributed by atoms with van der Waals surface area (Å²) in [6.07, 6.45) is 5.15. The predicted molar refractivity (Wildman–Crippen MR) is 69.0 cm³/mol. The molecule has 1 aliphatic rings. The van der Waals surface area contributed by atoms with Gasteiger partial charge in [0.2, 0.25) is 5.91 Å². The molecule has 1 amide bonds. The van der Waals surface area contributed by atoms with Gasteiger partial charge in [0.1, 0.15) is 0 Å². The molecule has 1 aliphatic heterocycles. The molecule has 0 aromatic heterocycles. The number of hydrogen-bond donors (Lipinski definition) is 2. The van der Waals surface area contributed by atoms with Gasteiger partial charge in [-0.1, -0.05) is 13.3 Å². The van der Waals surface area contributed by atoms with Crippen LogP contribution in [0.5, 0.6) is 0 Å². The van der Waals surface area contributed by atoms with Crippen molar-refractivity contribution in [3.8, 4) is 0 Å². The highest BCUT2D eigenvalue weighted by molar-refractivity contribution is 5.75. The summed E-state index contributed by atoms with van der Waals surface area (Å²) in [6, 6.07) is 1.03. The van der Waals surface area contributed by atoms with Crippen molar-refractivity contribution >= 4 is 5.91 Å². The maximum absolute atomic E-state index is 11.5. The number of amides is 1. The zero-order chi connectivity index (χ0) is 12.5. The van der Waals surface area contributed by atoms with Crippen molar-refractivity contribution in [1.82, 2.24) is 10.6 Å². The van der Waals surface area contributed by atoms with Gasteiger partial charge in [-0.05, 0) is 26.2 Å². The van der Waals surface area contributed by atoms with Gasteiger partial charge in [-0.15, -0.1) is 0 Å². The highest BCUT2D eigenvalue weighted by atomic mass is 16.5. The highest BCUT2D eigenvalue weighted by Gasteiger charge is 2.17. The molecule has 100 valence electrons. The molecule has 2 atom stereocenters. The smallest absolute Gasteiger partial charge is 0.222 e. The van der Waals surface area contributed by atoms with Gasteiger partial charge >= 0.3 is 0 Å². The Hall–Kier alpha value is -0.610. The van der Waals surface area contributed by atoms with Crippen LogP contribution in [0.4, 0.5) is 0 Å². The van der Waals surface area contributed by atoms with Crippen molar-refractivity contribution in [3.63, 3.8) is 0 Å². The Morgan fingerprint density at radius 1 is 1.41 bits per heavy atom. The molecule has 1 heterocycles. The van der Waals surface area contributed by atoms with Gasteiger partial charge in [0.25, 0.3) is 0 Å². The number of rotatable bonds is 7. The summed E-state index contributed by atoms with van der Waals surface area (Å²) in [7, 11) is 0. The van der Waals surface area contributed by atoms with E-state index in [1.165, 1.54) is 12.8 Å². The summed E-state index contributed by atoms with van der Waals surface area (Å²) in [6.45, 7) is 6.29. The monoisotopic (exact) mass is 242 g/mol. The number of piperidine rings is 1. The molecule has 0 radical (unpaired) electrons. The zero-order valence-electron chi connectivity index (χ0n) is 11.1. The van der Waals surface area contributed by atoms with E-state index in [4.69, 9.17) is 4.74 Å². The maximum atomic E-state index is 11.5. The van der Waals surface area contributed by atoms with E-state index in [9.17, 15) is 4.79 Å². The van der Waals surface area contributed by atoms with Crippen LogP contribution >= 0.6 is 0 Å². The first-order valence-corrected chi connectivity index (χ1v) is 6.83. The van der Waals surface area contributed by atoms with Gasteiger partial charge in [-0.25, -0.2) is 0 Å². The predicted octanol–water partition coefficient (Wildman–Crippen LogP) is 1.45. The third-order valence-corrected chi connectivity index (χ3v) is 3.08. The van der Waals surface area contributed by atoms with Crippen LogP contribution in [-0.2, 0) is 9.53 Å². The molecular formula is C13H26N2O2. The third-order valence-electron chi connectivity index (χ3n) is 3.08. The lowest BCUT2D eigenvalue weighted by atomic mass is 10.00. The summed E-state index contributed by atoms with van der Waals surface area (Å²) < 4.78 is 5.29. The number of hydrogen-bond acceptors (Lipinski definition) is 3. The van der Waals surface area contributed by atoms with E-state index in [0.717, 1.165) is 26.0 Å². The second-order valence-corrected chi connectivity index (χ2v) is 4.86. The first-order valence-electron chi connectivity index (χ1n) is 6.83. The van der Waals surface area contributed by atoms with E-state index < -0.39 is 0 Å². The van der Waals surface area contributed by atoms with E-state index >= 15 is 0 Å². The highest BCUT2D eigenvalue weighted by Crippen LogP contribution is 2.11. The zero-order valence-corrected chi connectivity index (χ0v) is 11.1. The van der Waals surface area contributed by atoms with Gasteiger partial charge in [-0.3, -0.25) is 4.79 Å². The number of ether oxygens (including phenoxy) is 1. The second kappa shape index (κ2) is 8.48. The molecule has 1 saturated heterocycles. The van der Waals surface area contributed by atoms with Gasteiger partial charge in [0.15, 0.2) is 0 Å². The molecule has 4 heteroatoms. The van der Waals surface area contributed by atoms with Crippen LogP contribution in [0.1, 0.15) is 46.0 Å². The van der Waals surface area contributed by atoms with E-state index in [1.54, 1.807) is 0 Å². The van der Waals surface area contributed by atoms with Crippen LogP contribution in [0.2, 0.25) is 0 Å². The lowest BCUT2D eigenvalue weighted by Gasteiger charge is -2.28. The molecule has 0 aliphatic carbocycles. The average Bonchev–Trinajstić information content (AvgIpc) is 2.32. The molecule has 0 aromatic carbocycles. The quantitative estimate of drug-likeness (QED) is 0.664. The van der Waals surface area contributed by atoms with E-state index in [2.05, 4.69) is 24.5 Å². The van der Waals surface area contributed by atoms with Gasteiger partial charge < -0.3 is 15.4 Å². The number of nitrogens with one attached hydrogen (secondary N) is 2. The Labute approximate surface area is 104 Å². The fraction of sp³-hybridized carbons (Fsp3) is 0.923. The Bertz CT molecular complexity index is 221. The van der Waals surface area contributed by atoms with E-state index in [1.807, 2.05) is 0 Å². The number of carbonyl (C=O) groups is 1. The summed E-state index contributed by atoms with van der Waals surface area (Å²) in [4.78, 5) is 11.5. The van der Waals surface area contributed by atoms with Crippen molar-refractivity contribution < 1.29 is 9.53 Å². The Kier molecular flexibility index (Phi) is 7.21. The summed E-state index contributed by atoms with van der Waals surface area (Å²) in [5.41, 5.74) is 0. The summed E-state index contributed by atoms with van der Waals surface area (Å²) >= 11 is 0. The first kappa shape index (κ1) is 14.5. The van der Waals surface area contributed by atoms with Crippen LogP contribution in [0.25, 0.3) is 0 Å². The molecule has 1 fully saturated rings. The maximum Gasteiger partial charge on any atom is 0.222 e. The van der Waals surface area contributed by atoms with Gasteiger partial charge in [0, 0.05) is 31.7 Å². The molecule has 2 N–H and O–H groups in total.